The molecule has 4 bridgehead atoms. The molecule has 7 rings (SSSR count). The first-order valence-electron chi connectivity index (χ1n) is 12.3. The summed E-state index contributed by atoms with van der Waals surface area (Å²) >= 11 is 6.70. The molecule has 5 aliphatic rings. The van der Waals surface area contributed by atoms with Gasteiger partial charge in [-0.15, -0.1) is 0 Å². The lowest BCUT2D eigenvalue weighted by Crippen LogP contribution is -2.57. The lowest BCUT2D eigenvalue weighted by molar-refractivity contribution is -0.152. The van der Waals surface area contributed by atoms with E-state index in [4.69, 9.17) is 17.0 Å². The lowest BCUT2D eigenvalue weighted by Gasteiger charge is -2.55. The van der Waals surface area contributed by atoms with Gasteiger partial charge in [-0.25, -0.2) is 0 Å². The van der Waals surface area contributed by atoms with Crippen LogP contribution in [0.25, 0.3) is 6.08 Å². The Morgan fingerprint density at radius 2 is 1.66 bits per heavy atom. The summed E-state index contributed by atoms with van der Waals surface area (Å²) in [5, 5.41) is 1.28. The van der Waals surface area contributed by atoms with Crippen LogP contribution in [0.4, 0.5) is 0 Å². The maximum atomic E-state index is 13.4. The number of nitrogens with one attached hydrogen (secondary N) is 1. The molecule has 1 aliphatic heterocycles. The number of carbonyl (C=O) groups is 2. The summed E-state index contributed by atoms with van der Waals surface area (Å²) in [6, 6.07) is 17.6. The first-order valence-corrected chi connectivity index (χ1v) is 13.6. The van der Waals surface area contributed by atoms with Gasteiger partial charge in [0, 0.05) is 0 Å². The van der Waals surface area contributed by atoms with E-state index in [-0.39, 0.29) is 17.2 Å². The maximum absolute atomic E-state index is 13.4. The second-order valence-corrected chi connectivity index (χ2v) is 12.2. The fourth-order valence-corrected chi connectivity index (χ4v) is 7.90. The summed E-state index contributed by atoms with van der Waals surface area (Å²) < 4.78 is 6.22. The second kappa shape index (κ2) is 9.10. The largest absolute Gasteiger partial charge is 0.489 e. The summed E-state index contributed by atoms with van der Waals surface area (Å²) in [5.41, 5.74) is 4.58. The van der Waals surface area contributed by atoms with E-state index >= 15 is 0 Å². The summed E-state index contributed by atoms with van der Waals surface area (Å²) in [5.74, 6) is 2.48. The van der Waals surface area contributed by atoms with Gasteiger partial charge in [-0.05, 0) is 97.8 Å². The molecule has 1 heterocycles. The van der Waals surface area contributed by atoms with Crippen LogP contribution < -0.4 is 10.2 Å². The van der Waals surface area contributed by atoms with Crippen LogP contribution in [-0.4, -0.2) is 21.1 Å². The molecule has 1 saturated heterocycles. The fraction of sp³-hybridized carbons (Fsp3) is 0.393. The molecule has 0 atom stereocenters. The Bertz CT molecular complexity index is 1160. The molecule has 0 aromatic heterocycles. The van der Waals surface area contributed by atoms with Crippen LogP contribution >= 0.6 is 24.0 Å². The van der Waals surface area contributed by atoms with Crippen molar-refractivity contribution in [3.63, 3.8) is 0 Å². The van der Waals surface area contributed by atoms with Gasteiger partial charge in [0.1, 0.15) is 12.4 Å². The van der Waals surface area contributed by atoms with Gasteiger partial charge >= 0.3 is 0 Å². The number of rotatable bonds is 6. The van der Waals surface area contributed by atoms with E-state index in [2.05, 4.69) is 5.43 Å². The Morgan fingerprint density at radius 3 is 2.29 bits per heavy atom. The zero-order valence-corrected chi connectivity index (χ0v) is 21.1. The third-order valence-electron chi connectivity index (χ3n) is 7.95. The average molecular weight is 505 g/mol. The SMILES string of the molecule is O=C1/C(=C\c2ccc(OCc3ccccc3)cc2)SC(=S)N1NC(=O)C12CC3CC(CC(C3)C1)C2. The highest BCUT2D eigenvalue weighted by atomic mass is 32.2. The van der Waals surface area contributed by atoms with Crippen LogP contribution in [0.5, 0.6) is 5.75 Å². The van der Waals surface area contributed by atoms with Crippen molar-refractivity contribution in [2.45, 2.75) is 45.1 Å². The number of thioether (sulfide) groups is 1. The van der Waals surface area contributed by atoms with Crippen LogP contribution in [0.2, 0.25) is 0 Å². The minimum Gasteiger partial charge on any atom is -0.489 e. The topological polar surface area (TPSA) is 58.6 Å². The average Bonchev–Trinajstić information content (AvgIpc) is 3.10. The number of hydrogen-bond donors (Lipinski definition) is 1. The van der Waals surface area contributed by atoms with Crippen molar-refractivity contribution < 1.29 is 14.3 Å². The maximum Gasteiger partial charge on any atom is 0.285 e. The Balaban J connectivity index is 1.10. The van der Waals surface area contributed by atoms with E-state index < -0.39 is 0 Å². The first kappa shape index (κ1) is 22.8. The molecule has 35 heavy (non-hydrogen) atoms. The van der Waals surface area contributed by atoms with E-state index in [1.54, 1.807) is 0 Å². The summed E-state index contributed by atoms with van der Waals surface area (Å²) in [6.45, 7) is 0.502. The predicted octanol–water partition coefficient (Wildman–Crippen LogP) is 5.71. The van der Waals surface area contributed by atoms with Crippen molar-refractivity contribution in [3.8, 4) is 5.75 Å². The van der Waals surface area contributed by atoms with Crippen LogP contribution in [0.3, 0.4) is 0 Å². The number of ether oxygens (including phenoxy) is 1. The predicted molar refractivity (Wildman–Crippen MR) is 141 cm³/mol. The van der Waals surface area contributed by atoms with Crippen LogP contribution in [-0.2, 0) is 16.2 Å². The van der Waals surface area contributed by atoms with Crippen molar-refractivity contribution in [2.24, 2.45) is 23.2 Å². The Labute approximate surface area is 215 Å². The lowest BCUT2D eigenvalue weighted by atomic mass is 9.49. The molecule has 2 aromatic rings. The third-order valence-corrected chi connectivity index (χ3v) is 9.26. The number of thiocarbonyl (C=S) groups is 1. The molecule has 4 aliphatic carbocycles. The number of hydrazine groups is 1. The highest BCUT2D eigenvalue weighted by Gasteiger charge is 2.55. The van der Waals surface area contributed by atoms with Crippen molar-refractivity contribution in [1.29, 1.82) is 0 Å². The molecule has 0 radical (unpaired) electrons. The highest BCUT2D eigenvalue weighted by molar-refractivity contribution is 8.26. The Kier molecular flexibility index (Phi) is 5.93. The van der Waals surface area contributed by atoms with Gasteiger partial charge < -0.3 is 4.74 Å². The number of amides is 2. The van der Waals surface area contributed by atoms with E-state index in [0.29, 0.717) is 33.6 Å². The minimum atomic E-state index is -0.322. The molecular weight excluding hydrogens is 476 g/mol. The smallest absolute Gasteiger partial charge is 0.285 e. The third kappa shape index (κ3) is 4.52. The number of nitrogens with zero attached hydrogens (tertiary/aromatic N) is 1. The van der Waals surface area contributed by atoms with Gasteiger partial charge in [-0.1, -0.05) is 54.2 Å². The van der Waals surface area contributed by atoms with E-state index in [9.17, 15) is 9.59 Å². The number of benzene rings is 2. The Morgan fingerprint density at radius 1 is 1.03 bits per heavy atom. The van der Waals surface area contributed by atoms with Gasteiger partial charge in [0.2, 0.25) is 5.91 Å². The zero-order chi connectivity index (χ0) is 24.0. The van der Waals surface area contributed by atoms with Crippen molar-refractivity contribution in [1.82, 2.24) is 10.4 Å². The highest BCUT2D eigenvalue weighted by Crippen LogP contribution is 2.60. The molecule has 0 spiro atoms. The van der Waals surface area contributed by atoms with Crippen LogP contribution in [0.1, 0.15) is 49.7 Å². The molecule has 7 heteroatoms. The number of carbonyl (C=O) groups excluding carboxylic acids is 2. The van der Waals surface area contributed by atoms with Gasteiger partial charge in [0.15, 0.2) is 4.32 Å². The van der Waals surface area contributed by atoms with Gasteiger partial charge in [0.25, 0.3) is 5.91 Å². The van der Waals surface area contributed by atoms with Crippen molar-refractivity contribution in [3.05, 3.63) is 70.6 Å². The van der Waals surface area contributed by atoms with E-state index in [0.717, 1.165) is 36.1 Å². The van der Waals surface area contributed by atoms with Crippen LogP contribution in [0.15, 0.2) is 59.5 Å². The molecular formula is C28H28N2O3S2. The number of hydrogen-bond acceptors (Lipinski definition) is 5. The standard InChI is InChI=1S/C28H28N2O3S2/c31-25-24(13-18-6-8-23(9-7-18)33-17-19-4-2-1-3-5-19)35-27(34)30(25)29-26(32)28-14-20-10-21(15-28)12-22(11-20)16-28/h1-9,13,20-22H,10-12,14-17H2,(H,29,32)/b24-13+. The monoisotopic (exact) mass is 504 g/mol. The summed E-state index contributed by atoms with van der Waals surface area (Å²) in [6.07, 6.45) is 8.48. The van der Waals surface area contributed by atoms with Crippen LogP contribution in [0, 0.1) is 23.2 Å². The molecule has 0 unspecified atom stereocenters. The van der Waals surface area contributed by atoms with Crippen molar-refractivity contribution in [2.75, 3.05) is 0 Å². The second-order valence-electron chi connectivity index (χ2n) is 10.5. The molecule has 2 amide bonds. The normalized spacial score (nSPS) is 30.2. The van der Waals surface area contributed by atoms with Gasteiger partial charge in [-0.3, -0.25) is 15.0 Å². The molecule has 1 N–H and O–H groups in total. The fourth-order valence-electron chi connectivity index (χ4n) is 6.73. The quantitative estimate of drug-likeness (QED) is 0.403. The van der Waals surface area contributed by atoms with Gasteiger partial charge in [0.05, 0.1) is 10.3 Å². The zero-order valence-electron chi connectivity index (χ0n) is 19.4. The van der Waals surface area contributed by atoms with E-state index in [1.807, 2.05) is 60.7 Å². The molecule has 4 saturated carbocycles. The first-order chi connectivity index (χ1) is 17.0. The van der Waals surface area contributed by atoms with Gasteiger partial charge in [-0.2, -0.15) is 5.01 Å². The molecule has 5 fully saturated rings. The Hall–Kier alpha value is -2.64. The molecule has 180 valence electrons. The summed E-state index contributed by atoms with van der Waals surface area (Å²) in [7, 11) is 0. The molecule has 5 nitrogen and oxygen atoms in total. The minimum absolute atomic E-state index is 0.0194. The molecule has 2 aromatic carbocycles. The van der Waals surface area contributed by atoms with Crippen molar-refractivity contribution >= 4 is 46.2 Å². The van der Waals surface area contributed by atoms with E-state index in [1.165, 1.54) is 36.0 Å². The summed E-state index contributed by atoms with van der Waals surface area (Å²) in [4.78, 5) is 27.0.